The summed E-state index contributed by atoms with van der Waals surface area (Å²) in [6, 6.07) is 5.21. The maximum Gasteiger partial charge on any atom is 0.277 e. The van der Waals surface area contributed by atoms with E-state index in [0.29, 0.717) is 33.8 Å². The number of aromatic nitrogens is 3. The standard InChI is InChI=1S/C27H34ClN7O3/c1-4-6-12-34(5-2)24-19(16-21-23(32-24)33-27(3,38-21)35-13-8-7-9-14-35)30-25(36)20-17-37-26(31-20)18-10-11-29-22(28)15-18/h10-11,15-17H,4-9,12-14H2,1-3H3,(H,30,36)(H,32,33)/t27-/m0/s1. The highest BCUT2D eigenvalue weighted by atomic mass is 35.5. The number of nitrogens with one attached hydrogen (secondary N) is 2. The minimum absolute atomic E-state index is 0.146. The van der Waals surface area contributed by atoms with Crippen molar-refractivity contribution >= 4 is 34.8 Å². The third-order valence-corrected chi connectivity index (χ3v) is 7.21. The van der Waals surface area contributed by atoms with Crippen LogP contribution in [0.3, 0.4) is 0 Å². The lowest BCUT2D eigenvalue weighted by atomic mass is 10.1. The third-order valence-electron chi connectivity index (χ3n) is 7.01. The zero-order valence-electron chi connectivity index (χ0n) is 22.1. The lowest BCUT2D eigenvalue weighted by molar-refractivity contribution is -0.0452. The van der Waals surface area contributed by atoms with Gasteiger partial charge in [-0.3, -0.25) is 4.79 Å². The SMILES string of the molecule is CCCCN(CC)c1nc2c(cc1NC(=O)c1coc(-c3ccnc(Cl)c3)n1)O[C@](C)(N1CCCCC1)N2. The van der Waals surface area contributed by atoms with E-state index in [4.69, 9.17) is 25.7 Å². The van der Waals surface area contributed by atoms with E-state index in [1.54, 1.807) is 18.3 Å². The molecule has 0 spiro atoms. The van der Waals surface area contributed by atoms with Crippen LogP contribution in [-0.2, 0) is 0 Å². The average molecular weight is 540 g/mol. The van der Waals surface area contributed by atoms with E-state index in [2.05, 4.69) is 44.2 Å². The Bertz CT molecular complexity index is 1290. The number of rotatable bonds is 9. The molecule has 1 amide bonds. The number of piperidine rings is 1. The average Bonchev–Trinajstić information content (AvgIpc) is 3.55. The summed E-state index contributed by atoms with van der Waals surface area (Å²) in [4.78, 5) is 31.1. The number of carbonyl (C=O) groups excluding carboxylic acids is 1. The van der Waals surface area contributed by atoms with Crippen molar-refractivity contribution in [3.63, 3.8) is 0 Å². The summed E-state index contributed by atoms with van der Waals surface area (Å²) in [6.07, 6.45) is 8.48. The van der Waals surface area contributed by atoms with Crippen LogP contribution in [0, 0.1) is 0 Å². The molecule has 5 heterocycles. The second kappa shape index (κ2) is 11.2. The molecular formula is C27H34ClN7O3. The molecule has 0 unspecified atom stereocenters. The van der Waals surface area contributed by atoms with Gasteiger partial charge in [-0.1, -0.05) is 31.4 Å². The molecule has 202 valence electrons. The molecule has 2 aliphatic rings. The Morgan fingerprint density at radius 1 is 1.24 bits per heavy atom. The van der Waals surface area contributed by atoms with Crippen LogP contribution < -0.4 is 20.3 Å². The van der Waals surface area contributed by atoms with Crippen LogP contribution in [0.2, 0.25) is 5.15 Å². The molecule has 0 aliphatic carbocycles. The summed E-state index contributed by atoms with van der Waals surface area (Å²) < 4.78 is 12.0. The molecule has 1 saturated heterocycles. The van der Waals surface area contributed by atoms with Crippen LogP contribution in [0.15, 0.2) is 35.1 Å². The molecule has 2 aliphatic heterocycles. The number of fused-ring (bicyclic) bond motifs is 1. The Hall–Kier alpha value is -3.37. The molecule has 10 nitrogen and oxygen atoms in total. The van der Waals surface area contributed by atoms with Gasteiger partial charge in [0.1, 0.15) is 11.4 Å². The lowest BCUT2D eigenvalue weighted by Crippen LogP contribution is -2.55. The van der Waals surface area contributed by atoms with Crippen LogP contribution in [0.5, 0.6) is 5.75 Å². The number of pyridine rings is 2. The second-order valence-electron chi connectivity index (χ2n) is 9.76. The van der Waals surface area contributed by atoms with Gasteiger partial charge in [-0.15, -0.1) is 0 Å². The number of hydrogen-bond acceptors (Lipinski definition) is 9. The first-order valence-electron chi connectivity index (χ1n) is 13.3. The Morgan fingerprint density at radius 2 is 2.05 bits per heavy atom. The summed E-state index contributed by atoms with van der Waals surface area (Å²) in [5.41, 5.74) is 1.35. The van der Waals surface area contributed by atoms with E-state index in [1.807, 2.05) is 13.0 Å². The number of oxazole rings is 1. The maximum absolute atomic E-state index is 13.3. The van der Waals surface area contributed by atoms with Crippen LogP contribution in [0.4, 0.5) is 17.3 Å². The summed E-state index contributed by atoms with van der Waals surface area (Å²) in [6.45, 7) is 9.77. The molecule has 0 radical (unpaired) electrons. The van der Waals surface area contributed by atoms with Gasteiger partial charge in [0.2, 0.25) is 11.7 Å². The highest BCUT2D eigenvalue weighted by molar-refractivity contribution is 6.29. The van der Waals surface area contributed by atoms with Gasteiger partial charge in [0.25, 0.3) is 5.91 Å². The van der Waals surface area contributed by atoms with Crippen molar-refractivity contribution in [1.82, 2.24) is 19.9 Å². The molecule has 1 fully saturated rings. The number of carbonyl (C=O) groups is 1. The molecule has 2 N–H and O–H groups in total. The molecule has 38 heavy (non-hydrogen) atoms. The van der Waals surface area contributed by atoms with Gasteiger partial charge in [-0.25, -0.2) is 19.9 Å². The number of unbranched alkanes of at least 4 members (excludes halogenated alkanes) is 1. The Balaban J connectivity index is 1.43. The summed E-state index contributed by atoms with van der Waals surface area (Å²) in [5.74, 6) is 1.18. The van der Waals surface area contributed by atoms with Crippen LogP contribution in [0.1, 0.15) is 63.4 Å². The first-order chi connectivity index (χ1) is 18.4. The van der Waals surface area contributed by atoms with Crippen molar-refractivity contribution in [3.8, 4) is 17.2 Å². The molecule has 0 saturated carbocycles. The van der Waals surface area contributed by atoms with Gasteiger partial charge < -0.3 is 24.7 Å². The topological polar surface area (TPSA) is 109 Å². The van der Waals surface area contributed by atoms with Crippen molar-refractivity contribution in [1.29, 1.82) is 0 Å². The van der Waals surface area contributed by atoms with E-state index in [-0.39, 0.29) is 11.6 Å². The van der Waals surface area contributed by atoms with Crippen molar-refractivity contribution < 1.29 is 13.9 Å². The summed E-state index contributed by atoms with van der Waals surface area (Å²) in [5, 5.41) is 6.83. The predicted molar refractivity (Wildman–Crippen MR) is 148 cm³/mol. The molecular weight excluding hydrogens is 506 g/mol. The predicted octanol–water partition coefficient (Wildman–Crippen LogP) is 5.63. The molecule has 11 heteroatoms. The fourth-order valence-corrected chi connectivity index (χ4v) is 5.08. The number of hydrogen-bond donors (Lipinski definition) is 2. The second-order valence-corrected chi connectivity index (χ2v) is 10.1. The molecule has 0 aromatic carbocycles. The fourth-order valence-electron chi connectivity index (χ4n) is 4.90. The van der Waals surface area contributed by atoms with Crippen molar-refractivity contribution in [3.05, 3.63) is 41.5 Å². The first kappa shape index (κ1) is 26.2. The highest BCUT2D eigenvalue weighted by Gasteiger charge is 2.42. The molecule has 3 aromatic heterocycles. The smallest absolute Gasteiger partial charge is 0.277 e. The largest absolute Gasteiger partial charge is 0.451 e. The van der Waals surface area contributed by atoms with Crippen molar-refractivity contribution in [2.45, 2.75) is 58.7 Å². The fraction of sp³-hybridized carbons (Fsp3) is 0.481. The van der Waals surface area contributed by atoms with Crippen LogP contribution >= 0.6 is 11.6 Å². The summed E-state index contributed by atoms with van der Waals surface area (Å²) >= 11 is 5.99. The molecule has 3 aromatic rings. The lowest BCUT2D eigenvalue weighted by Gasteiger charge is -2.39. The minimum atomic E-state index is -0.678. The Labute approximate surface area is 227 Å². The first-order valence-corrected chi connectivity index (χ1v) is 13.7. The molecule has 1 atom stereocenters. The van der Waals surface area contributed by atoms with E-state index >= 15 is 0 Å². The Morgan fingerprint density at radius 3 is 2.79 bits per heavy atom. The van der Waals surface area contributed by atoms with Gasteiger partial charge in [0.05, 0.1) is 5.69 Å². The van der Waals surface area contributed by atoms with Crippen molar-refractivity contribution in [2.24, 2.45) is 0 Å². The number of ether oxygens (including phenoxy) is 1. The van der Waals surface area contributed by atoms with Gasteiger partial charge in [-0.2, -0.15) is 0 Å². The number of nitrogens with zero attached hydrogens (tertiary/aromatic N) is 5. The van der Waals surface area contributed by atoms with E-state index in [9.17, 15) is 4.79 Å². The monoisotopic (exact) mass is 539 g/mol. The molecule has 5 rings (SSSR count). The molecule has 0 bridgehead atoms. The van der Waals surface area contributed by atoms with Crippen LogP contribution in [-0.4, -0.2) is 57.8 Å². The third kappa shape index (κ3) is 5.42. The van der Waals surface area contributed by atoms with E-state index in [1.165, 1.54) is 12.7 Å². The quantitative estimate of drug-likeness (QED) is 0.334. The number of amides is 1. The maximum atomic E-state index is 13.3. The zero-order chi connectivity index (χ0) is 26.7. The number of halogens is 1. The normalized spacial score (nSPS) is 18.9. The van der Waals surface area contributed by atoms with E-state index < -0.39 is 11.8 Å². The number of likely N-dealkylation sites (tertiary alicyclic amines) is 1. The zero-order valence-corrected chi connectivity index (χ0v) is 22.8. The highest BCUT2D eigenvalue weighted by Crippen LogP contribution is 2.42. The summed E-state index contributed by atoms with van der Waals surface area (Å²) in [7, 11) is 0. The Kier molecular flexibility index (Phi) is 7.71. The number of anilines is 3. The van der Waals surface area contributed by atoms with Gasteiger partial charge in [-0.05, 0) is 38.3 Å². The van der Waals surface area contributed by atoms with Crippen molar-refractivity contribution in [2.75, 3.05) is 41.7 Å². The van der Waals surface area contributed by atoms with Gasteiger partial charge in [0, 0.05) is 50.9 Å². The minimum Gasteiger partial charge on any atom is -0.451 e. The van der Waals surface area contributed by atoms with Gasteiger partial charge >= 0.3 is 0 Å². The van der Waals surface area contributed by atoms with Gasteiger partial charge in [0.15, 0.2) is 23.1 Å². The van der Waals surface area contributed by atoms with Crippen LogP contribution in [0.25, 0.3) is 11.5 Å². The van der Waals surface area contributed by atoms with E-state index in [0.717, 1.165) is 51.9 Å².